The van der Waals surface area contributed by atoms with Crippen LogP contribution in [0, 0.1) is 0 Å². The number of amides is 1. The molecule has 3 rings (SSSR count). The molecule has 1 fully saturated rings. The topological polar surface area (TPSA) is 75.7 Å². The molecular formula is C23H29ClN2O4S. The number of halogens is 1. The van der Waals surface area contributed by atoms with Crippen LogP contribution in [0.2, 0.25) is 5.02 Å². The third-order valence-corrected chi connectivity index (χ3v) is 7.52. The number of sulfonamides is 1. The molecule has 2 aromatic carbocycles. The molecule has 1 saturated carbocycles. The van der Waals surface area contributed by atoms with E-state index in [2.05, 4.69) is 5.32 Å². The summed E-state index contributed by atoms with van der Waals surface area (Å²) < 4.78 is 33.1. The zero-order valence-corrected chi connectivity index (χ0v) is 19.3. The lowest BCUT2D eigenvalue weighted by atomic mass is 9.97. The first-order chi connectivity index (χ1) is 14.9. The molecule has 0 spiro atoms. The number of anilines is 1. The van der Waals surface area contributed by atoms with E-state index in [1.165, 1.54) is 38.5 Å². The van der Waals surface area contributed by atoms with Crippen LogP contribution in [0.15, 0.2) is 53.4 Å². The van der Waals surface area contributed by atoms with Gasteiger partial charge in [-0.05, 0) is 55.3 Å². The van der Waals surface area contributed by atoms with Crippen LogP contribution >= 0.6 is 11.6 Å². The van der Waals surface area contributed by atoms with Crippen molar-refractivity contribution in [2.75, 3.05) is 18.0 Å². The molecule has 2 aromatic rings. The molecule has 168 valence electrons. The average molecular weight is 465 g/mol. The first-order valence-electron chi connectivity index (χ1n) is 10.6. The number of benzene rings is 2. The van der Waals surface area contributed by atoms with Gasteiger partial charge in [0, 0.05) is 11.1 Å². The van der Waals surface area contributed by atoms with Gasteiger partial charge in [-0.1, -0.05) is 49.8 Å². The fraction of sp³-hybridized carbons (Fsp3) is 0.435. The Morgan fingerprint density at radius 1 is 1.06 bits per heavy atom. The maximum Gasteiger partial charge on any atom is 0.264 e. The van der Waals surface area contributed by atoms with E-state index < -0.39 is 10.0 Å². The first kappa shape index (κ1) is 23.4. The maximum absolute atomic E-state index is 13.4. The Morgan fingerprint density at radius 3 is 2.32 bits per heavy atom. The highest BCUT2D eigenvalue weighted by molar-refractivity contribution is 7.92. The highest BCUT2D eigenvalue weighted by atomic mass is 35.5. The summed E-state index contributed by atoms with van der Waals surface area (Å²) in [6.45, 7) is -0.314. The highest BCUT2D eigenvalue weighted by Crippen LogP contribution is 2.27. The van der Waals surface area contributed by atoms with Crippen molar-refractivity contribution in [1.29, 1.82) is 0 Å². The quantitative estimate of drug-likeness (QED) is 0.640. The van der Waals surface area contributed by atoms with Crippen LogP contribution in [0.1, 0.15) is 44.9 Å². The highest BCUT2D eigenvalue weighted by Gasteiger charge is 2.28. The van der Waals surface area contributed by atoms with Gasteiger partial charge < -0.3 is 10.1 Å². The van der Waals surface area contributed by atoms with Crippen LogP contribution < -0.4 is 14.4 Å². The number of hydrogen-bond acceptors (Lipinski definition) is 4. The molecule has 1 amide bonds. The van der Waals surface area contributed by atoms with Crippen molar-refractivity contribution in [3.63, 3.8) is 0 Å². The summed E-state index contributed by atoms with van der Waals surface area (Å²) in [6, 6.07) is 12.7. The predicted octanol–water partition coefficient (Wildman–Crippen LogP) is 4.77. The van der Waals surface area contributed by atoms with Gasteiger partial charge in [-0.2, -0.15) is 0 Å². The standard InChI is InChI=1S/C23H29ClN2O4S/c1-30-21-12-14-22(15-13-21)31(28,29)26(20-11-7-8-18(24)16-20)17-23(27)25-19-9-5-3-2-4-6-10-19/h7-8,11-16,19H,2-6,9-10,17H2,1H3,(H,25,27). The molecule has 0 bridgehead atoms. The zero-order chi connectivity index (χ0) is 22.3. The van der Waals surface area contributed by atoms with Gasteiger partial charge in [-0.25, -0.2) is 8.42 Å². The van der Waals surface area contributed by atoms with Crippen molar-refractivity contribution < 1.29 is 17.9 Å². The van der Waals surface area contributed by atoms with E-state index in [1.807, 2.05) is 0 Å². The van der Waals surface area contributed by atoms with Crippen molar-refractivity contribution in [2.24, 2.45) is 0 Å². The van der Waals surface area contributed by atoms with Crippen LogP contribution in [0.3, 0.4) is 0 Å². The minimum Gasteiger partial charge on any atom is -0.497 e. The van der Waals surface area contributed by atoms with Gasteiger partial charge in [0.25, 0.3) is 10.0 Å². The SMILES string of the molecule is COc1ccc(S(=O)(=O)N(CC(=O)NC2CCCCCCC2)c2cccc(Cl)c2)cc1. The maximum atomic E-state index is 13.4. The molecular weight excluding hydrogens is 436 g/mol. The van der Waals surface area contributed by atoms with E-state index in [1.54, 1.807) is 36.4 Å². The number of rotatable bonds is 7. The van der Waals surface area contributed by atoms with Crippen LogP contribution in [0.4, 0.5) is 5.69 Å². The molecule has 6 nitrogen and oxygen atoms in total. The Balaban J connectivity index is 1.84. The Morgan fingerprint density at radius 2 is 1.71 bits per heavy atom. The molecule has 0 aromatic heterocycles. The third kappa shape index (κ3) is 6.37. The smallest absolute Gasteiger partial charge is 0.264 e. The van der Waals surface area contributed by atoms with Gasteiger partial charge >= 0.3 is 0 Å². The second-order valence-electron chi connectivity index (χ2n) is 7.78. The summed E-state index contributed by atoms with van der Waals surface area (Å²) in [7, 11) is -2.47. The summed E-state index contributed by atoms with van der Waals surface area (Å²) in [5.41, 5.74) is 0.344. The Labute approximate surface area is 189 Å². The summed E-state index contributed by atoms with van der Waals surface area (Å²) >= 11 is 6.11. The molecule has 8 heteroatoms. The van der Waals surface area contributed by atoms with Gasteiger partial charge in [-0.15, -0.1) is 0 Å². The predicted molar refractivity (Wildman–Crippen MR) is 123 cm³/mol. The lowest BCUT2D eigenvalue weighted by Crippen LogP contribution is -2.44. The fourth-order valence-electron chi connectivity index (χ4n) is 3.83. The molecule has 0 atom stereocenters. The number of methoxy groups -OCH3 is 1. The number of nitrogens with one attached hydrogen (secondary N) is 1. The summed E-state index contributed by atoms with van der Waals surface area (Å²) in [4.78, 5) is 13.0. The van der Waals surface area contributed by atoms with Gasteiger partial charge in [0.05, 0.1) is 17.7 Å². The molecule has 0 unspecified atom stereocenters. The number of carbonyl (C=O) groups is 1. The van der Waals surface area contributed by atoms with E-state index >= 15 is 0 Å². The van der Waals surface area contributed by atoms with Crippen molar-refractivity contribution in [3.05, 3.63) is 53.6 Å². The second kappa shape index (κ2) is 10.9. The van der Waals surface area contributed by atoms with E-state index in [4.69, 9.17) is 16.3 Å². The molecule has 1 N–H and O–H groups in total. The molecule has 0 saturated heterocycles. The minimum atomic E-state index is -3.99. The van der Waals surface area contributed by atoms with Gasteiger partial charge in [0.1, 0.15) is 12.3 Å². The van der Waals surface area contributed by atoms with Gasteiger partial charge in [-0.3, -0.25) is 9.10 Å². The normalized spacial score (nSPS) is 15.5. The van der Waals surface area contributed by atoms with Gasteiger partial charge in [0.2, 0.25) is 5.91 Å². The second-order valence-corrected chi connectivity index (χ2v) is 10.1. The van der Waals surface area contributed by atoms with Crippen molar-refractivity contribution in [1.82, 2.24) is 5.32 Å². The Bertz CT molecular complexity index is 971. The Hall–Kier alpha value is -2.25. The van der Waals surface area contributed by atoms with Crippen LogP contribution in [0.25, 0.3) is 0 Å². The van der Waals surface area contributed by atoms with E-state index in [9.17, 15) is 13.2 Å². The minimum absolute atomic E-state index is 0.0760. The number of carbonyl (C=O) groups excluding carboxylic acids is 1. The monoisotopic (exact) mass is 464 g/mol. The first-order valence-corrected chi connectivity index (χ1v) is 12.4. The lowest BCUT2D eigenvalue weighted by molar-refractivity contribution is -0.120. The third-order valence-electron chi connectivity index (χ3n) is 5.50. The average Bonchev–Trinajstić information content (AvgIpc) is 2.74. The van der Waals surface area contributed by atoms with Crippen LogP contribution in [0.5, 0.6) is 5.75 Å². The van der Waals surface area contributed by atoms with E-state index in [-0.39, 0.29) is 23.4 Å². The van der Waals surface area contributed by atoms with E-state index in [0.29, 0.717) is 16.5 Å². The Kier molecular flexibility index (Phi) is 8.21. The summed E-state index contributed by atoms with van der Waals surface area (Å²) in [6.07, 6.45) is 7.59. The van der Waals surface area contributed by atoms with Crippen molar-refractivity contribution in [2.45, 2.75) is 55.9 Å². The molecule has 31 heavy (non-hydrogen) atoms. The van der Waals surface area contributed by atoms with Gasteiger partial charge in [0.15, 0.2) is 0 Å². The number of hydrogen-bond donors (Lipinski definition) is 1. The molecule has 1 aliphatic carbocycles. The van der Waals surface area contributed by atoms with Crippen molar-refractivity contribution in [3.8, 4) is 5.75 Å². The van der Waals surface area contributed by atoms with Crippen LogP contribution in [-0.4, -0.2) is 34.0 Å². The molecule has 0 heterocycles. The largest absolute Gasteiger partial charge is 0.497 e. The molecule has 0 aliphatic heterocycles. The van der Waals surface area contributed by atoms with Crippen molar-refractivity contribution >= 4 is 33.2 Å². The van der Waals surface area contributed by atoms with E-state index in [0.717, 1.165) is 30.0 Å². The zero-order valence-electron chi connectivity index (χ0n) is 17.7. The lowest BCUT2D eigenvalue weighted by Gasteiger charge is -2.26. The number of ether oxygens (including phenoxy) is 1. The summed E-state index contributed by atoms with van der Waals surface area (Å²) in [5, 5.41) is 3.44. The van der Waals surface area contributed by atoms with Crippen LogP contribution in [-0.2, 0) is 14.8 Å². The molecule has 0 radical (unpaired) electrons. The molecule has 1 aliphatic rings. The number of nitrogens with zero attached hydrogens (tertiary/aromatic N) is 1. The fourth-order valence-corrected chi connectivity index (χ4v) is 5.42. The summed E-state index contributed by atoms with van der Waals surface area (Å²) in [5.74, 6) is 0.234.